The molecular formula is C16H21N3OS. The van der Waals surface area contributed by atoms with Gasteiger partial charge in [0, 0.05) is 17.6 Å². The molecule has 112 valence electrons. The second-order valence-corrected chi connectivity index (χ2v) is 6.29. The number of thiazole rings is 1. The molecule has 2 aromatic rings. The van der Waals surface area contributed by atoms with Crippen molar-refractivity contribution in [2.75, 3.05) is 12.4 Å². The Bertz CT molecular complexity index is 636. The van der Waals surface area contributed by atoms with E-state index in [1.165, 1.54) is 4.88 Å². The van der Waals surface area contributed by atoms with Crippen molar-refractivity contribution in [3.63, 3.8) is 0 Å². The van der Waals surface area contributed by atoms with Gasteiger partial charge in [0.15, 0.2) is 0 Å². The Balaban J connectivity index is 2.19. The van der Waals surface area contributed by atoms with Crippen molar-refractivity contribution in [3.05, 3.63) is 45.4 Å². The summed E-state index contributed by atoms with van der Waals surface area (Å²) in [5, 5.41) is 7.24. The van der Waals surface area contributed by atoms with Crippen molar-refractivity contribution in [3.8, 4) is 0 Å². The molecule has 0 aliphatic carbocycles. The van der Waals surface area contributed by atoms with Gasteiger partial charge in [-0.3, -0.25) is 4.79 Å². The monoisotopic (exact) mass is 303 g/mol. The van der Waals surface area contributed by atoms with Gasteiger partial charge in [0.05, 0.1) is 23.2 Å². The van der Waals surface area contributed by atoms with Crippen LogP contribution in [0.1, 0.15) is 34.1 Å². The summed E-state index contributed by atoms with van der Waals surface area (Å²) in [5.41, 5.74) is 3.07. The normalized spacial score (nSPS) is 12.0. The van der Waals surface area contributed by atoms with E-state index in [4.69, 9.17) is 0 Å². The first-order valence-corrected chi connectivity index (χ1v) is 7.82. The molecule has 21 heavy (non-hydrogen) atoms. The fourth-order valence-electron chi connectivity index (χ4n) is 2.32. The largest absolute Gasteiger partial charge is 0.377 e. The molecule has 0 aliphatic rings. The summed E-state index contributed by atoms with van der Waals surface area (Å²) in [5.74, 6) is 0.0155. The summed E-state index contributed by atoms with van der Waals surface area (Å²) < 4.78 is 0. The van der Waals surface area contributed by atoms with Gasteiger partial charge in [0.1, 0.15) is 0 Å². The lowest BCUT2D eigenvalue weighted by Crippen LogP contribution is -2.20. The smallest absolute Gasteiger partial charge is 0.224 e. The molecule has 0 aliphatic heterocycles. The summed E-state index contributed by atoms with van der Waals surface area (Å²) >= 11 is 1.71. The predicted octanol–water partition coefficient (Wildman–Crippen LogP) is 3.22. The number of hydrogen-bond acceptors (Lipinski definition) is 4. The van der Waals surface area contributed by atoms with Crippen LogP contribution in [0.5, 0.6) is 0 Å². The molecule has 1 amide bonds. The molecule has 4 nitrogen and oxygen atoms in total. The zero-order valence-electron chi connectivity index (χ0n) is 12.9. The van der Waals surface area contributed by atoms with Crippen molar-refractivity contribution in [1.29, 1.82) is 0 Å². The Labute approximate surface area is 129 Å². The number of likely N-dealkylation sites (N-methyl/N-ethyl adjacent to an activating group) is 1. The Hall–Kier alpha value is -1.88. The Morgan fingerprint density at radius 2 is 2.05 bits per heavy atom. The van der Waals surface area contributed by atoms with Crippen LogP contribution in [0.2, 0.25) is 0 Å². The summed E-state index contributed by atoms with van der Waals surface area (Å²) in [6.45, 7) is 6.18. The minimum atomic E-state index is 0.0155. The lowest BCUT2D eigenvalue weighted by Gasteiger charge is -2.17. The SMILES string of the molecule is CNC(=O)Cc1ccccc1NC(C)c1sc(C)nc1C. The van der Waals surface area contributed by atoms with Crippen LogP contribution >= 0.6 is 11.3 Å². The van der Waals surface area contributed by atoms with Gasteiger partial charge in [-0.15, -0.1) is 11.3 Å². The molecule has 1 aromatic carbocycles. The van der Waals surface area contributed by atoms with Crippen LogP contribution in [-0.2, 0) is 11.2 Å². The minimum absolute atomic E-state index is 0.0155. The Kier molecular flexibility index (Phi) is 4.96. The van der Waals surface area contributed by atoms with Crippen LogP contribution in [0.15, 0.2) is 24.3 Å². The number of para-hydroxylation sites is 1. The van der Waals surface area contributed by atoms with Gasteiger partial charge >= 0.3 is 0 Å². The standard InChI is InChI=1S/C16H21N3OS/c1-10-16(21-12(3)18-10)11(2)19-14-8-6-5-7-13(14)9-15(20)17-4/h5-8,11,19H,9H2,1-4H3,(H,17,20). The second kappa shape index (κ2) is 6.72. The first-order valence-electron chi connectivity index (χ1n) is 7.00. The molecular weight excluding hydrogens is 282 g/mol. The molecule has 0 saturated heterocycles. The zero-order chi connectivity index (χ0) is 15.4. The maximum atomic E-state index is 11.6. The third-order valence-electron chi connectivity index (χ3n) is 3.35. The molecule has 0 spiro atoms. The fourth-order valence-corrected chi connectivity index (χ4v) is 3.25. The molecule has 1 atom stereocenters. The molecule has 1 unspecified atom stereocenters. The van der Waals surface area contributed by atoms with Crippen LogP contribution in [-0.4, -0.2) is 17.9 Å². The van der Waals surface area contributed by atoms with Crippen molar-refractivity contribution in [2.24, 2.45) is 0 Å². The van der Waals surface area contributed by atoms with E-state index in [2.05, 4.69) is 22.5 Å². The van der Waals surface area contributed by atoms with Gasteiger partial charge < -0.3 is 10.6 Å². The van der Waals surface area contributed by atoms with Gasteiger partial charge in [-0.2, -0.15) is 0 Å². The highest BCUT2D eigenvalue weighted by molar-refractivity contribution is 7.11. The number of nitrogens with one attached hydrogen (secondary N) is 2. The molecule has 5 heteroatoms. The molecule has 0 radical (unpaired) electrons. The first-order chi connectivity index (χ1) is 10.0. The third-order valence-corrected chi connectivity index (χ3v) is 4.61. The van der Waals surface area contributed by atoms with Gasteiger partial charge in [0.25, 0.3) is 0 Å². The van der Waals surface area contributed by atoms with Gasteiger partial charge in [0.2, 0.25) is 5.91 Å². The van der Waals surface area contributed by atoms with Crippen LogP contribution < -0.4 is 10.6 Å². The average Bonchev–Trinajstić information content (AvgIpc) is 2.79. The molecule has 0 saturated carbocycles. The average molecular weight is 303 g/mol. The fraction of sp³-hybridized carbons (Fsp3) is 0.375. The number of nitrogens with zero attached hydrogens (tertiary/aromatic N) is 1. The molecule has 0 fully saturated rings. The van der Waals surface area contributed by atoms with Crippen LogP contribution in [0, 0.1) is 13.8 Å². The number of benzene rings is 1. The van der Waals surface area contributed by atoms with Crippen molar-refractivity contribution in [1.82, 2.24) is 10.3 Å². The van der Waals surface area contributed by atoms with E-state index in [-0.39, 0.29) is 11.9 Å². The molecule has 0 bridgehead atoms. The molecule has 2 N–H and O–H groups in total. The van der Waals surface area contributed by atoms with Gasteiger partial charge in [-0.25, -0.2) is 4.98 Å². The first kappa shape index (κ1) is 15.5. The summed E-state index contributed by atoms with van der Waals surface area (Å²) in [6, 6.07) is 8.10. The van der Waals surface area contributed by atoms with E-state index in [0.717, 1.165) is 22.0 Å². The van der Waals surface area contributed by atoms with E-state index in [0.29, 0.717) is 6.42 Å². The molecule has 1 heterocycles. The molecule has 1 aromatic heterocycles. The number of carbonyl (C=O) groups is 1. The van der Waals surface area contributed by atoms with Crippen LogP contribution in [0.25, 0.3) is 0 Å². The number of rotatable bonds is 5. The van der Waals surface area contributed by atoms with E-state index in [1.54, 1.807) is 18.4 Å². The number of aryl methyl sites for hydroxylation is 2. The highest BCUT2D eigenvalue weighted by Crippen LogP contribution is 2.28. The van der Waals surface area contributed by atoms with Crippen LogP contribution in [0.4, 0.5) is 5.69 Å². The zero-order valence-corrected chi connectivity index (χ0v) is 13.7. The lowest BCUT2D eigenvalue weighted by molar-refractivity contribution is -0.119. The minimum Gasteiger partial charge on any atom is -0.377 e. The maximum Gasteiger partial charge on any atom is 0.224 e. The number of amides is 1. The van der Waals surface area contributed by atoms with Gasteiger partial charge in [-0.1, -0.05) is 18.2 Å². The van der Waals surface area contributed by atoms with Crippen molar-refractivity contribution < 1.29 is 4.79 Å². The topological polar surface area (TPSA) is 54.0 Å². The van der Waals surface area contributed by atoms with E-state index < -0.39 is 0 Å². The number of aromatic nitrogens is 1. The highest BCUT2D eigenvalue weighted by Gasteiger charge is 2.14. The van der Waals surface area contributed by atoms with Crippen molar-refractivity contribution >= 4 is 22.9 Å². The van der Waals surface area contributed by atoms with E-state index >= 15 is 0 Å². The number of carbonyl (C=O) groups excluding carboxylic acids is 1. The lowest BCUT2D eigenvalue weighted by atomic mass is 10.1. The van der Waals surface area contributed by atoms with E-state index in [9.17, 15) is 4.79 Å². The van der Waals surface area contributed by atoms with Gasteiger partial charge in [-0.05, 0) is 32.4 Å². The molecule has 2 rings (SSSR count). The summed E-state index contributed by atoms with van der Waals surface area (Å²) in [7, 11) is 1.66. The maximum absolute atomic E-state index is 11.6. The summed E-state index contributed by atoms with van der Waals surface area (Å²) in [6.07, 6.45) is 0.382. The Morgan fingerprint density at radius 1 is 1.33 bits per heavy atom. The van der Waals surface area contributed by atoms with Crippen LogP contribution in [0.3, 0.4) is 0 Å². The third kappa shape index (κ3) is 3.82. The summed E-state index contributed by atoms with van der Waals surface area (Å²) in [4.78, 5) is 17.3. The highest BCUT2D eigenvalue weighted by atomic mass is 32.1. The van der Waals surface area contributed by atoms with Crippen molar-refractivity contribution in [2.45, 2.75) is 33.2 Å². The second-order valence-electron chi connectivity index (χ2n) is 5.06. The number of anilines is 1. The number of hydrogen-bond donors (Lipinski definition) is 2. The predicted molar refractivity (Wildman–Crippen MR) is 87.8 cm³/mol. The van der Waals surface area contributed by atoms with E-state index in [1.807, 2.05) is 38.1 Å². The quantitative estimate of drug-likeness (QED) is 0.891. The Morgan fingerprint density at radius 3 is 2.67 bits per heavy atom.